The van der Waals surface area contributed by atoms with Crippen LogP contribution in [0.25, 0.3) is 6.08 Å². The Kier molecular flexibility index (Phi) is 5.03. The summed E-state index contributed by atoms with van der Waals surface area (Å²) in [5.74, 6) is -0.841. The molecule has 0 spiro atoms. The quantitative estimate of drug-likeness (QED) is 0.852. The van der Waals surface area contributed by atoms with Gasteiger partial charge in [-0.3, -0.25) is 4.79 Å². The van der Waals surface area contributed by atoms with Crippen LogP contribution in [0.1, 0.15) is 43.7 Å². The van der Waals surface area contributed by atoms with Gasteiger partial charge in [0.2, 0.25) is 0 Å². The minimum atomic E-state index is -0.497. The molecule has 1 aromatic rings. The first kappa shape index (κ1) is 15.1. The number of aromatic nitrogens is 1. The molecule has 4 nitrogen and oxygen atoms in total. The molecule has 0 saturated carbocycles. The van der Waals surface area contributed by atoms with Gasteiger partial charge in [-0.25, -0.2) is 9.37 Å². The minimum Gasteiger partial charge on any atom is -0.501 e. The molecule has 1 aromatic heterocycles. The van der Waals surface area contributed by atoms with Crippen LogP contribution in [0.2, 0.25) is 0 Å². The number of hydrogen-bond acceptors (Lipinski definition) is 3. The van der Waals surface area contributed by atoms with E-state index in [1.165, 1.54) is 18.4 Å². The maximum atomic E-state index is 13.2. The average molecular weight is 266 g/mol. The van der Waals surface area contributed by atoms with Crippen molar-refractivity contribution in [2.24, 2.45) is 0 Å². The van der Waals surface area contributed by atoms with Crippen molar-refractivity contribution in [2.75, 3.05) is 6.61 Å². The van der Waals surface area contributed by atoms with Crippen LogP contribution in [0.15, 0.2) is 18.5 Å². The number of rotatable bonds is 4. The van der Waals surface area contributed by atoms with Crippen LogP contribution in [-0.4, -0.2) is 23.0 Å². The molecule has 1 rings (SSSR count). The molecule has 104 valence electrons. The van der Waals surface area contributed by atoms with Gasteiger partial charge in [0.1, 0.15) is 11.5 Å². The third kappa shape index (κ3) is 5.07. The number of amides is 1. The van der Waals surface area contributed by atoms with Crippen molar-refractivity contribution in [3.05, 3.63) is 35.6 Å². The Bertz CT molecular complexity index is 479. The van der Waals surface area contributed by atoms with Crippen LogP contribution in [0.5, 0.6) is 0 Å². The highest BCUT2D eigenvalue weighted by molar-refractivity contribution is 5.96. The first-order chi connectivity index (χ1) is 8.83. The Morgan fingerprint density at radius 2 is 2.21 bits per heavy atom. The maximum absolute atomic E-state index is 13.2. The Morgan fingerprint density at radius 3 is 2.79 bits per heavy atom. The molecular formula is C14H19FN2O2. The van der Waals surface area contributed by atoms with E-state index in [1.807, 2.05) is 27.7 Å². The number of carbonyl (C=O) groups is 1. The summed E-state index contributed by atoms with van der Waals surface area (Å²) in [5, 5.41) is 2.79. The molecule has 0 fully saturated rings. The third-order valence-electron chi connectivity index (χ3n) is 2.10. The van der Waals surface area contributed by atoms with Crippen molar-refractivity contribution in [3.63, 3.8) is 0 Å². The number of ether oxygens (including phenoxy) is 1. The van der Waals surface area contributed by atoms with Crippen LogP contribution < -0.4 is 5.32 Å². The van der Waals surface area contributed by atoms with Gasteiger partial charge >= 0.3 is 0 Å². The van der Waals surface area contributed by atoms with E-state index < -0.39 is 5.82 Å². The lowest BCUT2D eigenvalue weighted by Gasteiger charge is -2.20. The first-order valence-electron chi connectivity index (χ1n) is 6.09. The van der Waals surface area contributed by atoms with Crippen LogP contribution in [0.3, 0.4) is 0 Å². The fourth-order valence-electron chi connectivity index (χ4n) is 1.39. The number of halogens is 1. The summed E-state index contributed by atoms with van der Waals surface area (Å²) in [4.78, 5) is 15.9. The molecule has 0 aliphatic carbocycles. The smallest absolute Gasteiger partial charge is 0.270 e. The van der Waals surface area contributed by atoms with Gasteiger partial charge in [-0.15, -0.1) is 0 Å². The van der Waals surface area contributed by atoms with Gasteiger partial charge in [-0.05, 0) is 39.8 Å². The average Bonchev–Trinajstić information content (AvgIpc) is 2.27. The predicted octanol–water partition coefficient (Wildman–Crippen LogP) is 2.76. The molecule has 1 heterocycles. The van der Waals surface area contributed by atoms with E-state index >= 15 is 0 Å². The molecule has 0 unspecified atom stereocenters. The molecule has 0 aromatic carbocycles. The second-order valence-corrected chi connectivity index (χ2v) is 5.05. The van der Waals surface area contributed by atoms with Crippen LogP contribution >= 0.6 is 0 Å². The van der Waals surface area contributed by atoms with Crippen LogP contribution in [0.4, 0.5) is 4.39 Å². The van der Waals surface area contributed by atoms with E-state index in [0.717, 1.165) is 6.20 Å². The summed E-state index contributed by atoms with van der Waals surface area (Å²) < 4.78 is 18.2. The Hall–Kier alpha value is -1.91. The number of nitrogens with one attached hydrogen (secondary N) is 1. The minimum absolute atomic E-state index is 0.173. The van der Waals surface area contributed by atoms with E-state index in [-0.39, 0.29) is 17.1 Å². The van der Waals surface area contributed by atoms with E-state index in [2.05, 4.69) is 10.3 Å². The summed E-state index contributed by atoms with van der Waals surface area (Å²) in [6.45, 7) is 7.93. The molecule has 0 bridgehead atoms. The maximum Gasteiger partial charge on any atom is 0.270 e. The molecule has 5 heteroatoms. The second-order valence-electron chi connectivity index (χ2n) is 5.05. The molecule has 1 N–H and O–H groups in total. The zero-order chi connectivity index (χ0) is 14.5. The van der Waals surface area contributed by atoms with Crippen LogP contribution in [0, 0.1) is 5.82 Å². The molecule has 0 aliphatic heterocycles. The fraction of sp³-hybridized carbons (Fsp3) is 0.429. The van der Waals surface area contributed by atoms with Gasteiger partial charge in [-0.2, -0.15) is 0 Å². The summed E-state index contributed by atoms with van der Waals surface area (Å²) in [7, 11) is 0. The van der Waals surface area contributed by atoms with E-state index in [0.29, 0.717) is 12.2 Å². The van der Waals surface area contributed by atoms with E-state index in [1.54, 1.807) is 0 Å². The highest BCUT2D eigenvalue weighted by Crippen LogP contribution is 2.12. The van der Waals surface area contributed by atoms with Gasteiger partial charge in [0.15, 0.2) is 0 Å². The standard InChI is InChI=1S/C14H19FN2O2/c1-5-19-7-6-10-8-11(15)9-16-12(10)13(18)17-14(2,3)4/h6-9H,5H2,1-4H3,(H,17,18). The normalized spacial score (nSPS) is 11.6. The zero-order valence-electron chi connectivity index (χ0n) is 11.7. The SMILES string of the molecule is CCOC=Cc1cc(F)cnc1C(=O)NC(C)(C)C. The molecule has 0 saturated heterocycles. The monoisotopic (exact) mass is 266 g/mol. The summed E-state index contributed by atoms with van der Waals surface area (Å²) in [6, 6.07) is 1.25. The largest absolute Gasteiger partial charge is 0.501 e. The second kappa shape index (κ2) is 6.31. The zero-order valence-corrected chi connectivity index (χ0v) is 11.7. The van der Waals surface area contributed by atoms with Gasteiger partial charge < -0.3 is 10.1 Å². The van der Waals surface area contributed by atoms with Gasteiger partial charge in [0.05, 0.1) is 19.1 Å². The fourth-order valence-corrected chi connectivity index (χ4v) is 1.39. The van der Waals surface area contributed by atoms with Gasteiger partial charge in [-0.1, -0.05) is 0 Å². The number of hydrogen-bond donors (Lipinski definition) is 1. The van der Waals surface area contributed by atoms with Crippen molar-refractivity contribution in [1.82, 2.24) is 10.3 Å². The first-order valence-corrected chi connectivity index (χ1v) is 6.09. The highest BCUT2D eigenvalue weighted by atomic mass is 19.1. The lowest BCUT2D eigenvalue weighted by atomic mass is 10.1. The van der Waals surface area contributed by atoms with Crippen molar-refractivity contribution < 1.29 is 13.9 Å². The topological polar surface area (TPSA) is 51.2 Å². The number of pyridine rings is 1. The number of carbonyl (C=O) groups excluding carboxylic acids is 1. The van der Waals surface area contributed by atoms with Crippen LogP contribution in [-0.2, 0) is 4.74 Å². The predicted molar refractivity (Wildman–Crippen MR) is 72.1 cm³/mol. The Morgan fingerprint density at radius 1 is 1.53 bits per heavy atom. The molecule has 0 atom stereocenters. The lowest BCUT2D eigenvalue weighted by molar-refractivity contribution is 0.0914. The van der Waals surface area contributed by atoms with Crippen molar-refractivity contribution >= 4 is 12.0 Å². The molecule has 1 amide bonds. The number of nitrogens with zero attached hydrogens (tertiary/aromatic N) is 1. The van der Waals surface area contributed by atoms with Crippen molar-refractivity contribution in [3.8, 4) is 0 Å². The van der Waals surface area contributed by atoms with Crippen molar-refractivity contribution in [2.45, 2.75) is 33.2 Å². The van der Waals surface area contributed by atoms with E-state index in [9.17, 15) is 9.18 Å². The molecule has 19 heavy (non-hydrogen) atoms. The van der Waals surface area contributed by atoms with Gasteiger partial charge in [0.25, 0.3) is 5.91 Å². The Balaban J connectivity index is 3.02. The highest BCUT2D eigenvalue weighted by Gasteiger charge is 2.18. The lowest BCUT2D eigenvalue weighted by Crippen LogP contribution is -2.41. The summed E-state index contributed by atoms with van der Waals surface area (Å²) >= 11 is 0. The molecular weight excluding hydrogens is 247 g/mol. The third-order valence-corrected chi connectivity index (χ3v) is 2.10. The summed E-state index contributed by atoms with van der Waals surface area (Å²) in [5.41, 5.74) is 0.177. The van der Waals surface area contributed by atoms with Crippen molar-refractivity contribution in [1.29, 1.82) is 0 Å². The van der Waals surface area contributed by atoms with Gasteiger partial charge in [0, 0.05) is 11.1 Å². The Labute approximate surface area is 112 Å². The summed E-state index contributed by atoms with van der Waals surface area (Å²) in [6.07, 6.45) is 3.97. The molecule has 0 aliphatic rings. The van der Waals surface area contributed by atoms with E-state index in [4.69, 9.17) is 4.74 Å². The molecule has 0 radical (unpaired) electrons.